The molecule has 0 saturated carbocycles. The van der Waals surface area contributed by atoms with Crippen LogP contribution in [0, 0.1) is 0 Å². The Kier molecular flexibility index (Phi) is 5.86. The average molecular weight is 170 g/mol. The molecule has 0 aliphatic rings. The van der Waals surface area contributed by atoms with Crippen molar-refractivity contribution in [2.24, 2.45) is 0 Å². The second-order valence-corrected chi connectivity index (χ2v) is 8.46. The molecular formula is C4H13OP3. The van der Waals surface area contributed by atoms with E-state index in [0.29, 0.717) is 0 Å². The molecule has 0 aromatic carbocycles. The minimum absolute atomic E-state index is 0.0829. The Morgan fingerprint density at radius 2 is 2.38 bits per heavy atom. The smallest absolute Gasteiger partial charge is 0.0677 e. The average Bonchev–Trinajstić information content (AvgIpc) is 1.61. The molecule has 8 heavy (non-hydrogen) atoms. The molecular weight excluding hydrogens is 157 g/mol. The summed E-state index contributed by atoms with van der Waals surface area (Å²) in [5.41, 5.74) is 0. The van der Waals surface area contributed by atoms with Crippen LogP contribution in [0.15, 0.2) is 0 Å². The summed E-state index contributed by atoms with van der Waals surface area (Å²) in [6, 6.07) is 0. The predicted molar refractivity (Wildman–Crippen MR) is 47.4 cm³/mol. The molecule has 0 saturated heterocycles. The van der Waals surface area contributed by atoms with Crippen LogP contribution in [0.25, 0.3) is 0 Å². The zero-order chi connectivity index (χ0) is 6.57. The molecule has 1 N–H and O–H groups in total. The number of rotatable bonds is 3. The maximum absolute atomic E-state index is 8.81. The predicted octanol–water partition coefficient (Wildman–Crippen LogP) is 1.86. The van der Waals surface area contributed by atoms with Crippen molar-refractivity contribution in [2.45, 2.75) is 12.8 Å². The molecule has 4 heteroatoms. The van der Waals surface area contributed by atoms with Gasteiger partial charge >= 0.3 is 0 Å². The van der Waals surface area contributed by atoms with Crippen molar-refractivity contribution in [3.8, 4) is 0 Å². The van der Waals surface area contributed by atoms with Crippen LogP contribution in [-0.4, -0.2) is 23.5 Å². The van der Waals surface area contributed by atoms with Gasteiger partial charge in [0, 0.05) is 0 Å². The van der Waals surface area contributed by atoms with E-state index in [4.69, 9.17) is 5.11 Å². The molecule has 0 rings (SSSR count). The molecule has 0 amide bonds. The van der Waals surface area contributed by atoms with Crippen molar-refractivity contribution in [3.05, 3.63) is 0 Å². The number of hydrogen-bond donors (Lipinski definition) is 1. The summed E-state index contributed by atoms with van der Waals surface area (Å²) in [5, 5.41) is 8.81. The highest BCUT2D eigenvalue weighted by atomic mass is 32.0. The standard InChI is InChI=1S/C4H13OP3/c1-4(5)7-3-8(2)6/h4-5,7H,3,6H2,1-2H3. The zero-order valence-electron chi connectivity index (χ0n) is 5.26. The normalized spacial score (nSPS) is 19.5. The lowest BCUT2D eigenvalue weighted by Gasteiger charge is -2.05. The maximum atomic E-state index is 8.81. The SMILES string of the molecule is CC(O)PCP(C)P. The van der Waals surface area contributed by atoms with Crippen LogP contribution in [-0.2, 0) is 0 Å². The van der Waals surface area contributed by atoms with Gasteiger partial charge in [-0.15, -0.1) is 8.93 Å². The molecule has 0 fully saturated rings. The summed E-state index contributed by atoms with van der Waals surface area (Å²) in [5.74, 6) is 1.11. The summed E-state index contributed by atoms with van der Waals surface area (Å²) in [6.45, 7) is 4.05. The van der Waals surface area contributed by atoms with Crippen LogP contribution >= 0.6 is 25.1 Å². The first kappa shape index (κ1) is 9.25. The van der Waals surface area contributed by atoms with E-state index < -0.39 is 0 Å². The zero-order valence-corrected chi connectivity index (χ0v) is 8.31. The third kappa shape index (κ3) is 7.25. The quantitative estimate of drug-likeness (QED) is 0.641. The lowest BCUT2D eigenvalue weighted by molar-refractivity contribution is 0.281. The van der Waals surface area contributed by atoms with Gasteiger partial charge in [0.25, 0.3) is 0 Å². The summed E-state index contributed by atoms with van der Waals surface area (Å²) in [7, 11) is 3.65. The van der Waals surface area contributed by atoms with E-state index in [1.165, 1.54) is 5.90 Å². The summed E-state index contributed by atoms with van der Waals surface area (Å²) < 4.78 is 0. The highest BCUT2D eigenvalue weighted by Gasteiger charge is 1.96. The van der Waals surface area contributed by atoms with Crippen molar-refractivity contribution in [2.75, 3.05) is 12.6 Å². The Balaban J connectivity index is 2.93. The molecule has 1 nitrogen and oxygen atoms in total. The Bertz CT molecular complexity index is 47.2. The Labute approximate surface area is 56.3 Å². The third-order valence-corrected chi connectivity index (χ3v) is 5.60. The number of aliphatic hydroxyl groups is 1. The second kappa shape index (κ2) is 5.07. The highest BCUT2D eigenvalue weighted by Crippen LogP contribution is 2.46. The largest absolute Gasteiger partial charge is 0.389 e. The van der Waals surface area contributed by atoms with Crippen LogP contribution in [0.5, 0.6) is 0 Å². The van der Waals surface area contributed by atoms with Crippen molar-refractivity contribution >= 4 is 25.1 Å². The van der Waals surface area contributed by atoms with Crippen LogP contribution in [0.2, 0.25) is 0 Å². The summed E-state index contributed by atoms with van der Waals surface area (Å²) in [4.78, 5) is 0. The van der Waals surface area contributed by atoms with Crippen LogP contribution in [0.3, 0.4) is 0 Å². The fraction of sp³-hybridized carbons (Fsp3) is 1.00. The van der Waals surface area contributed by atoms with Crippen molar-refractivity contribution in [1.82, 2.24) is 0 Å². The first-order valence-corrected chi connectivity index (χ1v) is 7.38. The topological polar surface area (TPSA) is 20.2 Å². The molecule has 0 radical (unpaired) electrons. The Hall–Kier alpha value is 1.25. The molecule has 0 aromatic heterocycles. The van der Waals surface area contributed by atoms with E-state index in [1.807, 2.05) is 6.92 Å². The molecule has 4 atom stereocenters. The van der Waals surface area contributed by atoms with Crippen LogP contribution in [0.4, 0.5) is 0 Å². The summed E-state index contributed by atoms with van der Waals surface area (Å²) in [6.07, 6.45) is 0. The minimum Gasteiger partial charge on any atom is -0.389 e. The van der Waals surface area contributed by atoms with Gasteiger partial charge in [-0.2, -0.15) is 0 Å². The Morgan fingerprint density at radius 3 is 2.50 bits per heavy atom. The van der Waals surface area contributed by atoms with E-state index in [0.717, 1.165) is 8.58 Å². The monoisotopic (exact) mass is 170 g/mol. The van der Waals surface area contributed by atoms with Gasteiger partial charge in [0.1, 0.15) is 0 Å². The fourth-order valence-electron chi connectivity index (χ4n) is 0.276. The summed E-state index contributed by atoms with van der Waals surface area (Å²) >= 11 is 0. The molecule has 50 valence electrons. The Morgan fingerprint density at radius 1 is 1.88 bits per heavy atom. The van der Waals surface area contributed by atoms with Crippen molar-refractivity contribution < 1.29 is 5.11 Å². The van der Waals surface area contributed by atoms with Gasteiger partial charge in [0.05, 0.1) is 5.85 Å². The number of hydrogen-bond acceptors (Lipinski definition) is 1. The van der Waals surface area contributed by atoms with E-state index >= 15 is 0 Å². The van der Waals surface area contributed by atoms with E-state index in [-0.39, 0.29) is 13.5 Å². The van der Waals surface area contributed by atoms with Crippen LogP contribution < -0.4 is 0 Å². The molecule has 0 heterocycles. The van der Waals surface area contributed by atoms with Gasteiger partial charge < -0.3 is 5.11 Å². The van der Waals surface area contributed by atoms with Gasteiger partial charge in [-0.25, -0.2) is 0 Å². The van der Waals surface area contributed by atoms with Crippen molar-refractivity contribution in [1.29, 1.82) is 0 Å². The van der Waals surface area contributed by atoms with E-state index in [2.05, 4.69) is 15.6 Å². The molecule has 0 aromatic rings. The lowest BCUT2D eigenvalue weighted by atomic mass is 10.9. The van der Waals surface area contributed by atoms with Gasteiger partial charge in [-0.3, -0.25) is 0 Å². The van der Waals surface area contributed by atoms with Gasteiger partial charge in [0.2, 0.25) is 0 Å². The fourth-order valence-corrected chi connectivity index (χ4v) is 3.43. The van der Waals surface area contributed by atoms with Gasteiger partial charge in [0.15, 0.2) is 0 Å². The van der Waals surface area contributed by atoms with E-state index in [1.54, 1.807) is 0 Å². The first-order valence-electron chi connectivity index (χ1n) is 2.50. The van der Waals surface area contributed by atoms with Gasteiger partial charge in [-0.05, 0) is 19.5 Å². The van der Waals surface area contributed by atoms with E-state index in [9.17, 15) is 0 Å². The molecule has 0 spiro atoms. The highest BCUT2D eigenvalue weighted by molar-refractivity contribution is 8.15. The first-order chi connectivity index (χ1) is 3.63. The van der Waals surface area contributed by atoms with Crippen LogP contribution in [0.1, 0.15) is 6.92 Å². The molecule has 0 aliphatic carbocycles. The molecule has 0 bridgehead atoms. The second-order valence-electron chi connectivity index (χ2n) is 1.80. The molecule has 0 aliphatic heterocycles. The minimum atomic E-state index is -0.0829. The van der Waals surface area contributed by atoms with Gasteiger partial charge in [-0.1, -0.05) is 16.2 Å². The lowest BCUT2D eigenvalue weighted by Crippen LogP contribution is -1.87. The third-order valence-electron chi connectivity index (χ3n) is 0.636. The molecule has 4 unspecified atom stereocenters. The van der Waals surface area contributed by atoms with Crippen molar-refractivity contribution in [3.63, 3.8) is 0 Å². The maximum Gasteiger partial charge on any atom is 0.0677 e. The number of aliphatic hydroxyl groups excluding tert-OH is 1.